The molecule has 4 nitrogen and oxygen atoms in total. The van der Waals surface area contributed by atoms with Crippen molar-refractivity contribution < 1.29 is 4.74 Å². The van der Waals surface area contributed by atoms with E-state index in [4.69, 9.17) is 4.74 Å². The van der Waals surface area contributed by atoms with Gasteiger partial charge in [0, 0.05) is 39.2 Å². The van der Waals surface area contributed by atoms with Crippen molar-refractivity contribution in [3.05, 3.63) is 47.8 Å². The molecular formula is C15H21N3O. The molecule has 4 heteroatoms. The van der Waals surface area contributed by atoms with E-state index in [-0.39, 0.29) is 0 Å². The summed E-state index contributed by atoms with van der Waals surface area (Å²) in [5.41, 5.74) is 2.60. The van der Waals surface area contributed by atoms with Gasteiger partial charge in [-0.25, -0.2) is 4.98 Å². The number of rotatable bonds is 7. The molecule has 0 bridgehead atoms. The maximum absolute atomic E-state index is 5.07. The summed E-state index contributed by atoms with van der Waals surface area (Å²) in [7, 11) is 1.73. The third kappa shape index (κ3) is 3.83. The van der Waals surface area contributed by atoms with E-state index in [0.717, 1.165) is 32.1 Å². The lowest BCUT2D eigenvalue weighted by Gasteiger charge is -2.11. The monoisotopic (exact) mass is 259 g/mol. The number of methoxy groups -OCH3 is 1. The van der Waals surface area contributed by atoms with Crippen molar-refractivity contribution >= 4 is 5.95 Å². The Morgan fingerprint density at radius 2 is 2.16 bits per heavy atom. The molecule has 0 atom stereocenters. The maximum Gasteiger partial charge on any atom is 0.203 e. The molecule has 0 radical (unpaired) electrons. The van der Waals surface area contributed by atoms with Gasteiger partial charge in [0.25, 0.3) is 0 Å². The van der Waals surface area contributed by atoms with Gasteiger partial charge in [-0.3, -0.25) is 0 Å². The van der Waals surface area contributed by atoms with Gasteiger partial charge in [-0.05, 0) is 24.5 Å². The minimum Gasteiger partial charge on any atom is -0.385 e. The largest absolute Gasteiger partial charge is 0.385 e. The van der Waals surface area contributed by atoms with Crippen LogP contribution in [0.15, 0.2) is 36.7 Å². The lowest BCUT2D eigenvalue weighted by atomic mass is 10.1. The summed E-state index contributed by atoms with van der Waals surface area (Å²) >= 11 is 0. The van der Waals surface area contributed by atoms with Gasteiger partial charge in [0.05, 0.1) is 0 Å². The van der Waals surface area contributed by atoms with Gasteiger partial charge in [0.2, 0.25) is 5.95 Å². The summed E-state index contributed by atoms with van der Waals surface area (Å²) in [6, 6.07) is 8.39. The Bertz CT molecular complexity index is 508. The van der Waals surface area contributed by atoms with Gasteiger partial charge >= 0.3 is 0 Å². The van der Waals surface area contributed by atoms with Crippen LogP contribution in [-0.2, 0) is 17.8 Å². The van der Waals surface area contributed by atoms with Crippen LogP contribution < -0.4 is 5.32 Å². The van der Waals surface area contributed by atoms with Crippen LogP contribution in [0.25, 0.3) is 0 Å². The van der Waals surface area contributed by atoms with Crippen LogP contribution in [0.1, 0.15) is 17.5 Å². The highest BCUT2D eigenvalue weighted by atomic mass is 16.5. The number of hydrogen-bond donors (Lipinski definition) is 1. The molecule has 0 saturated carbocycles. The van der Waals surface area contributed by atoms with Crippen LogP contribution in [0.3, 0.4) is 0 Å². The van der Waals surface area contributed by atoms with Crippen LogP contribution >= 0.6 is 0 Å². The summed E-state index contributed by atoms with van der Waals surface area (Å²) in [4.78, 5) is 4.35. The zero-order valence-electron chi connectivity index (χ0n) is 11.6. The molecule has 1 N–H and O–H groups in total. The second-order valence-corrected chi connectivity index (χ2v) is 4.57. The third-order valence-corrected chi connectivity index (χ3v) is 3.16. The number of benzene rings is 1. The van der Waals surface area contributed by atoms with Crippen molar-refractivity contribution in [1.82, 2.24) is 9.55 Å². The zero-order valence-corrected chi connectivity index (χ0v) is 11.6. The van der Waals surface area contributed by atoms with Gasteiger partial charge in [-0.2, -0.15) is 0 Å². The van der Waals surface area contributed by atoms with Crippen LogP contribution in [0.5, 0.6) is 0 Å². The normalized spacial score (nSPS) is 10.6. The van der Waals surface area contributed by atoms with E-state index in [1.807, 2.05) is 12.4 Å². The SMILES string of the molecule is COCCCn1ccnc1NCc1ccccc1C. The molecule has 0 saturated heterocycles. The lowest BCUT2D eigenvalue weighted by molar-refractivity contribution is 0.190. The number of anilines is 1. The van der Waals surface area contributed by atoms with Crippen molar-refractivity contribution in [2.45, 2.75) is 26.4 Å². The van der Waals surface area contributed by atoms with Gasteiger partial charge in [-0.1, -0.05) is 24.3 Å². The molecule has 0 unspecified atom stereocenters. The number of nitrogens with zero attached hydrogens (tertiary/aromatic N) is 2. The van der Waals surface area contributed by atoms with Crippen molar-refractivity contribution in [3.63, 3.8) is 0 Å². The quantitative estimate of drug-likeness (QED) is 0.777. The minimum absolute atomic E-state index is 0.773. The number of aryl methyl sites for hydroxylation is 2. The van der Waals surface area contributed by atoms with E-state index in [2.05, 4.69) is 46.1 Å². The van der Waals surface area contributed by atoms with Crippen LogP contribution in [0, 0.1) is 6.92 Å². The van der Waals surface area contributed by atoms with E-state index in [1.54, 1.807) is 7.11 Å². The molecule has 0 fully saturated rings. The molecule has 2 rings (SSSR count). The first-order valence-electron chi connectivity index (χ1n) is 6.59. The van der Waals surface area contributed by atoms with E-state index >= 15 is 0 Å². The molecule has 1 aromatic carbocycles. The molecule has 0 amide bonds. The molecular weight excluding hydrogens is 238 g/mol. The molecule has 0 aliphatic carbocycles. The van der Waals surface area contributed by atoms with Crippen molar-refractivity contribution in [2.75, 3.05) is 19.0 Å². The van der Waals surface area contributed by atoms with Crippen LogP contribution in [0.2, 0.25) is 0 Å². The summed E-state index contributed by atoms with van der Waals surface area (Å²) in [6.07, 6.45) is 4.81. The van der Waals surface area contributed by atoms with Crippen molar-refractivity contribution in [1.29, 1.82) is 0 Å². The Morgan fingerprint density at radius 3 is 2.95 bits per heavy atom. The van der Waals surface area contributed by atoms with E-state index in [0.29, 0.717) is 0 Å². The summed E-state index contributed by atoms with van der Waals surface area (Å²) in [5, 5.41) is 3.39. The zero-order chi connectivity index (χ0) is 13.5. The smallest absolute Gasteiger partial charge is 0.203 e. The highest BCUT2D eigenvalue weighted by Crippen LogP contribution is 2.11. The van der Waals surface area contributed by atoms with Crippen LogP contribution in [-0.4, -0.2) is 23.3 Å². The van der Waals surface area contributed by atoms with Gasteiger partial charge in [0.1, 0.15) is 0 Å². The average Bonchev–Trinajstić information content (AvgIpc) is 2.86. The minimum atomic E-state index is 0.773. The number of hydrogen-bond acceptors (Lipinski definition) is 3. The third-order valence-electron chi connectivity index (χ3n) is 3.16. The summed E-state index contributed by atoms with van der Waals surface area (Å²) in [6.45, 7) is 4.62. The predicted octanol–water partition coefficient (Wildman–Crippen LogP) is 2.84. The standard InChI is InChI=1S/C15H21N3O/c1-13-6-3-4-7-14(13)12-17-15-16-8-10-18(15)9-5-11-19-2/h3-4,6-8,10H,5,9,11-12H2,1-2H3,(H,16,17). The van der Waals surface area contributed by atoms with Gasteiger partial charge in [-0.15, -0.1) is 0 Å². The van der Waals surface area contributed by atoms with Crippen LogP contribution in [0.4, 0.5) is 5.95 Å². The Kier molecular flexibility index (Phi) is 4.98. The van der Waals surface area contributed by atoms with Gasteiger partial charge in [0.15, 0.2) is 0 Å². The predicted molar refractivity (Wildman–Crippen MR) is 77.2 cm³/mol. The lowest BCUT2D eigenvalue weighted by Crippen LogP contribution is -2.09. The highest BCUT2D eigenvalue weighted by Gasteiger charge is 2.03. The summed E-state index contributed by atoms with van der Waals surface area (Å²) < 4.78 is 7.19. The van der Waals surface area contributed by atoms with Crippen molar-refractivity contribution in [3.8, 4) is 0 Å². The Labute approximate surface area is 114 Å². The van der Waals surface area contributed by atoms with E-state index in [9.17, 15) is 0 Å². The first kappa shape index (κ1) is 13.6. The molecule has 0 aliphatic rings. The maximum atomic E-state index is 5.07. The van der Waals surface area contributed by atoms with E-state index in [1.165, 1.54) is 11.1 Å². The molecule has 0 aliphatic heterocycles. The molecule has 102 valence electrons. The second-order valence-electron chi connectivity index (χ2n) is 4.57. The topological polar surface area (TPSA) is 39.1 Å². The molecule has 2 aromatic rings. The average molecular weight is 259 g/mol. The Hall–Kier alpha value is -1.81. The molecule has 19 heavy (non-hydrogen) atoms. The fraction of sp³-hybridized carbons (Fsp3) is 0.400. The number of ether oxygens (including phenoxy) is 1. The first-order chi connectivity index (χ1) is 9.31. The summed E-state index contributed by atoms with van der Waals surface area (Å²) in [5.74, 6) is 0.916. The first-order valence-corrected chi connectivity index (χ1v) is 6.59. The van der Waals surface area contributed by atoms with Gasteiger partial charge < -0.3 is 14.6 Å². The fourth-order valence-corrected chi connectivity index (χ4v) is 2.02. The Morgan fingerprint density at radius 1 is 1.32 bits per heavy atom. The number of aromatic nitrogens is 2. The highest BCUT2D eigenvalue weighted by molar-refractivity contribution is 5.32. The molecule has 1 heterocycles. The fourth-order valence-electron chi connectivity index (χ4n) is 2.02. The number of nitrogens with one attached hydrogen (secondary N) is 1. The Balaban J connectivity index is 1.93. The van der Waals surface area contributed by atoms with E-state index < -0.39 is 0 Å². The van der Waals surface area contributed by atoms with Crippen molar-refractivity contribution in [2.24, 2.45) is 0 Å². The number of imidazole rings is 1. The molecule has 1 aromatic heterocycles. The molecule has 0 spiro atoms. The second kappa shape index (κ2) is 6.95.